The summed E-state index contributed by atoms with van der Waals surface area (Å²) in [6.45, 7) is 15.3. The van der Waals surface area contributed by atoms with Crippen molar-refractivity contribution in [3.8, 4) is 0 Å². The molecule has 1 N–H and O–H groups in total. The van der Waals surface area contributed by atoms with Gasteiger partial charge >= 0.3 is 52.4 Å². The first-order chi connectivity index (χ1) is 9.34. The molecule has 0 atom stereocenters. The Morgan fingerprint density at radius 1 is 0.652 bits per heavy atom. The summed E-state index contributed by atoms with van der Waals surface area (Å²) in [6, 6.07) is 0. The molecule has 0 rings (SSSR count). The van der Waals surface area contributed by atoms with Crippen molar-refractivity contribution in [1.82, 2.24) is 0 Å². The third-order valence-electron chi connectivity index (χ3n) is 0.512. The summed E-state index contributed by atoms with van der Waals surface area (Å²) in [4.78, 5) is 0. The monoisotopic (exact) mass is 490 g/mol. The summed E-state index contributed by atoms with van der Waals surface area (Å²) in [5.74, 6) is 0. The van der Waals surface area contributed by atoms with E-state index in [9.17, 15) is 20.4 Å². The predicted octanol–water partition coefficient (Wildman–Crippen LogP) is -0.206. The Balaban J connectivity index is -0.0000000273. The minimum Gasteiger partial charge on any atom is -0.852 e. The molecule has 0 spiro atoms. The van der Waals surface area contributed by atoms with Crippen LogP contribution in [0, 0.1) is 0 Å². The van der Waals surface area contributed by atoms with E-state index in [0.29, 0.717) is 6.61 Å². The Morgan fingerprint density at radius 2 is 0.783 bits per heavy atom. The quantitative estimate of drug-likeness (QED) is 0.573. The first kappa shape index (κ1) is 44.2. The zero-order valence-corrected chi connectivity index (χ0v) is 21.4. The van der Waals surface area contributed by atoms with Crippen molar-refractivity contribution in [3.05, 3.63) is 0 Å². The van der Waals surface area contributed by atoms with E-state index in [1.807, 2.05) is 0 Å². The molecule has 0 saturated carbocycles. The molecule has 0 amide bonds. The first-order valence-electron chi connectivity index (χ1n) is 7.58. The molecule has 0 aliphatic carbocycles. The minimum absolute atomic E-state index is 0. The van der Waals surface area contributed by atoms with Gasteiger partial charge < -0.3 is 25.5 Å². The van der Waals surface area contributed by atoms with Crippen LogP contribution in [0.5, 0.6) is 0 Å². The minimum atomic E-state index is -0.417. The molecule has 0 aromatic heterocycles. The number of hydrogen-bond donors (Lipinski definition) is 1. The fourth-order valence-corrected chi connectivity index (χ4v) is 0.158. The van der Waals surface area contributed by atoms with Gasteiger partial charge in [-0.3, -0.25) is 0 Å². The van der Waals surface area contributed by atoms with Gasteiger partial charge in [-0.2, -0.15) is 0 Å². The third-order valence-corrected chi connectivity index (χ3v) is 0.512. The second-order valence-corrected chi connectivity index (χ2v) is 5.27. The molecule has 0 aliphatic heterocycles. The number of hydrogen-bond acceptors (Lipinski definition) is 5. The van der Waals surface area contributed by atoms with Gasteiger partial charge in [0.05, 0.1) is 0 Å². The van der Waals surface area contributed by atoms with Crippen LogP contribution >= 0.6 is 0 Å². The SMILES string of the molecule is CC(C)[O-].CC(C)[O-].CC(C)[O-].CC(C)[O-].CCCCO.[Zr+3].[Zr+4]. The molecule has 1 radical (unpaired) electrons. The van der Waals surface area contributed by atoms with Crippen LogP contribution in [0.25, 0.3) is 0 Å². The number of aliphatic hydroxyl groups excluding tert-OH is 1. The van der Waals surface area contributed by atoms with E-state index in [4.69, 9.17) is 5.11 Å². The van der Waals surface area contributed by atoms with E-state index in [0.717, 1.165) is 12.8 Å². The average Bonchev–Trinajstić information content (AvgIpc) is 2.14. The van der Waals surface area contributed by atoms with Crippen molar-refractivity contribution in [2.45, 2.75) is 99.6 Å². The van der Waals surface area contributed by atoms with Crippen LogP contribution in [0.1, 0.15) is 75.2 Å². The van der Waals surface area contributed by atoms with Crippen molar-refractivity contribution in [2.24, 2.45) is 0 Å². The normalized spacial score (nSPS) is 8.09. The van der Waals surface area contributed by atoms with E-state index in [1.165, 1.54) is 0 Å². The molecule has 23 heavy (non-hydrogen) atoms. The van der Waals surface area contributed by atoms with Gasteiger partial charge in [-0.25, -0.2) is 0 Å². The molecule has 0 unspecified atom stereocenters. The van der Waals surface area contributed by atoms with Crippen LogP contribution in [0.15, 0.2) is 0 Å². The average molecular weight is 493 g/mol. The number of rotatable bonds is 2. The van der Waals surface area contributed by atoms with Crippen LogP contribution < -0.4 is 20.4 Å². The molecule has 0 saturated heterocycles. The second kappa shape index (κ2) is 43.7. The van der Waals surface area contributed by atoms with Crippen LogP contribution in [0.4, 0.5) is 0 Å². The third kappa shape index (κ3) is 862. The maximum absolute atomic E-state index is 9.53. The maximum atomic E-state index is 9.53. The zero-order valence-electron chi connectivity index (χ0n) is 16.5. The van der Waals surface area contributed by atoms with Crippen molar-refractivity contribution < 1.29 is 77.9 Å². The summed E-state index contributed by atoms with van der Waals surface area (Å²) in [5, 5.41) is 46.2. The number of aliphatic hydroxyl groups is 1. The molecule has 0 fully saturated rings. The van der Waals surface area contributed by atoms with Crippen molar-refractivity contribution in [2.75, 3.05) is 6.61 Å². The van der Waals surface area contributed by atoms with Gasteiger partial charge in [0, 0.05) is 6.61 Å². The summed E-state index contributed by atoms with van der Waals surface area (Å²) >= 11 is 0. The molecule has 0 aromatic rings. The van der Waals surface area contributed by atoms with E-state index in [-0.39, 0.29) is 52.4 Å². The smallest absolute Gasteiger partial charge is 0.852 e. The molecule has 0 aliphatic rings. The van der Waals surface area contributed by atoms with Gasteiger partial charge in [0.2, 0.25) is 0 Å². The fraction of sp³-hybridized carbons (Fsp3) is 1.00. The first-order valence-corrected chi connectivity index (χ1v) is 7.58. The molecule has 0 aromatic carbocycles. The van der Waals surface area contributed by atoms with Crippen LogP contribution in [-0.2, 0) is 52.4 Å². The summed E-state index contributed by atoms with van der Waals surface area (Å²) in [5.41, 5.74) is 0. The van der Waals surface area contributed by atoms with E-state index >= 15 is 0 Å². The van der Waals surface area contributed by atoms with Crippen LogP contribution in [0.3, 0.4) is 0 Å². The molecular weight excluding hydrogens is 455 g/mol. The van der Waals surface area contributed by atoms with Crippen LogP contribution in [0.2, 0.25) is 0 Å². The van der Waals surface area contributed by atoms with Crippen molar-refractivity contribution in [1.29, 1.82) is 0 Å². The number of unbranched alkanes of at least 4 members (excludes halogenated alkanes) is 1. The van der Waals surface area contributed by atoms with E-state index in [2.05, 4.69) is 6.92 Å². The largest absolute Gasteiger partial charge is 4.00 e. The van der Waals surface area contributed by atoms with Gasteiger partial charge in [-0.05, 0) is 6.42 Å². The topological polar surface area (TPSA) is 112 Å². The summed E-state index contributed by atoms with van der Waals surface area (Å²) < 4.78 is 0. The summed E-state index contributed by atoms with van der Waals surface area (Å²) in [7, 11) is 0. The Bertz CT molecular complexity index is 98.6. The Labute approximate surface area is 183 Å². The van der Waals surface area contributed by atoms with Gasteiger partial charge in [0.1, 0.15) is 0 Å². The molecule has 7 heteroatoms. The molecule has 5 nitrogen and oxygen atoms in total. The molecule has 0 heterocycles. The molecule has 137 valence electrons. The van der Waals surface area contributed by atoms with Gasteiger partial charge in [0.25, 0.3) is 0 Å². The van der Waals surface area contributed by atoms with Gasteiger partial charge in [0.15, 0.2) is 0 Å². The summed E-state index contributed by atoms with van der Waals surface area (Å²) in [6.07, 6.45) is 0.372. The van der Waals surface area contributed by atoms with E-state index < -0.39 is 24.4 Å². The molecular formula is C16H38O5Zr2+3. The maximum Gasteiger partial charge on any atom is 4.00 e. The zero-order chi connectivity index (χ0) is 18.4. The van der Waals surface area contributed by atoms with Crippen molar-refractivity contribution >= 4 is 0 Å². The second-order valence-electron chi connectivity index (χ2n) is 5.27. The standard InChI is InChI=1S/C4H10O.4C3H7O.2Zr/c1-2-3-4-5;4*1-3(2)4;;/h5H,2-4H2,1H3;4*3H,1-2H3;;/q;4*-1;+3;+4. The van der Waals surface area contributed by atoms with Crippen molar-refractivity contribution in [3.63, 3.8) is 0 Å². The van der Waals surface area contributed by atoms with Gasteiger partial charge in [-0.15, -0.1) is 24.4 Å². The molecule has 0 bridgehead atoms. The van der Waals surface area contributed by atoms with Crippen LogP contribution in [-0.4, -0.2) is 36.1 Å². The Hall–Kier alpha value is 1.57. The predicted molar refractivity (Wildman–Crippen MR) is 82.5 cm³/mol. The van der Waals surface area contributed by atoms with E-state index in [1.54, 1.807) is 55.4 Å². The van der Waals surface area contributed by atoms with Gasteiger partial charge in [-0.1, -0.05) is 68.7 Å². The Morgan fingerprint density at radius 3 is 0.783 bits per heavy atom. The Kier molecular flexibility index (Phi) is 84.1. The fourth-order valence-electron chi connectivity index (χ4n) is 0.158.